The SMILES string of the molecule is NC(=O)CCc1ccc(-c2cc(F)ccc2C(F)(F)F)cc1. The highest BCUT2D eigenvalue weighted by molar-refractivity contribution is 5.74. The van der Waals surface area contributed by atoms with Gasteiger partial charge in [-0.05, 0) is 41.3 Å². The molecule has 0 aliphatic rings. The second kappa shape index (κ2) is 6.17. The van der Waals surface area contributed by atoms with Crippen molar-refractivity contribution in [1.29, 1.82) is 0 Å². The maximum Gasteiger partial charge on any atom is 0.417 e. The summed E-state index contributed by atoms with van der Waals surface area (Å²) < 4.78 is 52.2. The Labute approximate surface area is 124 Å². The molecule has 0 aliphatic carbocycles. The van der Waals surface area contributed by atoms with Crippen molar-refractivity contribution in [3.05, 3.63) is 59.4 Å². The number of amides is 1. The van der Waals surface area contributed by atoms with Gasteiger partial charge in [0, 0.05) is 6.42 Å². The number of rotatable bonds is 4. The largest absolute Gasteiger partial charge is 0.417 e. The van der Waals surface area contributed by atoms with Crippen LogP contribution in [0.2, 0.25) is 0 Å². The van der Waals surface area contributed by atoms with Crippen LogP contribution < -0.4 is 5.73 Å². The van der Waals surface area contributed by atoms with E-state index in [1.165, 1.54) is 12.1 Å². The maximum atomic E-state index is 13.3. The summed E-state index contributed by atoms with van der Waals surface area (Å²) in [5.41, 5.74) is 4.97. The van der Waals surface area contributed by atoms with Crippen molar-refractivity contribution < 1.29 is 22.4 Å². The zero-order chi connectivity index (χ0) is 16.3. The first-order valence-electron chi connectivity index (χ1n) is 6.52. The van der Waals surface area contributed by atoms with Gasteiger partial charge in [0.15, 0.2) is 0 Å². The Bertz CT molecular complexity index is 678. The minimum absolute atomic E-state index is 0.160. The summed E-state index contributed by atoms with van der Waals surface area (Å²) in [6, 6.07) is 8.52. The Kier molecular flexibility index (Phi) is 4.49. The van der Waals surface area contributed by atoms with E-state index in [1.54, 1.807) is 12.1 Å². The van der Waals surface area contributed by atoms with Gasteiger partial charge in [0.05, 0.1) is 5.56 Å². The zero-order valence-corrected chi connectivity index (χ0v) is 11.5. The molecular weight excluding hydrogens is 298 g/mol. The van der Waals surface area contributed by atoms with Crippen molar-refractivity contribution in [2.45, 2.75) is 19.0 Å². The van der Waals surface area contributed by atoms with E-state index in [9.17, 15) is 22.4 Å². The van der Waals surface area contributed by atoms with Crippen LogP contribution in [0.1, 0.15) is 17.5 Å². The van der Waals surface area contributed by atoms with E-state index in [0.29, 0.717) is 6.42 Å². The molecule has 0 radical (unpaired) electrons. The minimum atomic E-state index is -4.56. The molecule has 0 fully saturated rings. The predicted octanol–water partition coefficient (Wildman–Crippen LogP) is 3.93. The first kappa shape index (κ1) is 16.0. The number of alkyl halides is 3. The molecule has 0 aromatic heterocycles. The number of nitrogens with two attached hydrogens (primary N) is 1. The summed E-state index contributed by atoms with van der Waals surface area (Å²) in [6.07, 6.45) is -3.99. The summed E-state index contributed by atoms with van der Waals surface area (Å²) in [6.45, 7) is 0. The lowest BCUT2D eigenvalue weighted by atomic mass is 9.97. The van der Waals surface area contributed by atoms with Crippen LogP contribution in [0.4, 0.5) is 17.6 Å². The van der Waals surface area contributed by atoms with Gasteiger partial charge < -0.3 is 5.73 Å². The second-order valence-electron chi connectivity index (χ2n) is 4.85. The lowest BCUT2D eigenvalue weighted by Gasteiger charge is -2.13. The Hall–Kier alpha value is -2.37. The van der Waals surface area contributed by atoms with Gasteiger partial charge in [-0.1, -0.05) is 24.3 Å². The van der Waals surface area contributed by atoms with Crippen LogP contribution in [-0.2, 0) is 17.4 Å². The number of halogens is 4. The van der Waals surface area contributed by atoms with Crippen molar-refractivity contribution in [2.75, 3.05) is 0 Å². The van der Waals surface area contributed by atoms with Crippen LogP contribution in [0.5, 0.6) is 0 Å². The van der Waals surface area contributed by atoms with E-state index in [0.717, 1.165) is 23.8 Å². The number of hydrogen-bond acceptors (Lipinski definition) is 1. The van der Waals surface area contributed by atoms with Crippen LogP contribution in [-0.4, -0.2) is 5.91 Å². The highest BCUT2D eigenvalue weighted by Crippen LogP contribution is 2.37. The zero-order valence-electron chi connectivity index (χ0n) is 11.5. The van der Waals surface area contributed by atoms with Gasteiger partial charge in [-0.2, -0.15) is 13.2 Å². The third-order valence-corrected chi connectivity index (χ3v) is 3.21. The molecule has 2 aromatic rings. The van der Waals surface area contributed by atoms with Crippen molar-refractivity contribution in [1.82, 2.24) is 0 Å². The van der Waals surface area contributed by atoms with Gasteiger partial charge in [0.1, 0.15) is 5.82 Å². The van der Waals surface area contributed by atoms with Crippen molar-refractivity contribution >= 4 is 5.91 Å². The Balaban J connectivity index is 2.36. The topological polar surface area (TPSA) is 43.1 Å². The van der Waals surface area contributed by atoms with Crippen LogP contribution in [0, 0.1) is 5.82 Å². The van der Waals surface area contributed by atoms with E-state index in [2.05, 4.69) is 0 Å². The van der Waals surface area contributed by atoms with Gasteiger partial charge in [-0.25, -0.2) is 4.39 Å². The summed E-state index contributed by atoms with van der Waals surface area (Å²) in [5.74, 6) is -1.19. The summed E-state index contributed by atoms with van der Waals surface area (Å²) in [4.78, 5) is 10.7. The molecule has 2 nitrogen and oxygen atoms in total. The highest BCUT2D eigenvalue weighted by atomic mass is 19.4. The van der Waals surface area contributed by atoms with Gasteiger partial charge in [0.25, 0.3) is 0 Å². The van der Waals surface area contributed by atoms with E-state index < -0.39 is 23.5 Å². The molecule has 0 unspecified atom stereocenters. The van der Waals surface area contributed by atoms with E-state index in [1.807, 2.05) is 0 Å². The summed E-state index contributed by atoms with van der Waals surface area (Å²) in [7, 11) is 0. The molecule has 116 valence electrons. The third kappa shape index (κ3) is 3.84. The van der Waals surface area contributed by atoms with Gasteiger partial charge in [-0.3, -0.25) is 4.79 Å². The molecule has 2 N–H and O–H groups in total. The fourth-order valence-corrected chi connectivity index (χ4v) is 2.12. The quantitative estimate of drug-likeness (QED) is 0.854. The first-order valence-corrected chi connectivity index (χ1v) is 6.52. The maximum absolute atomic E-state index is 13.3. The molecule has 1 amide bonds. The molecule has 2 rings (SSSR count). The number of carbonyl (C=O) groups is 1. The monoisotopic (exact) mass is 311 g/mol. The molecule has 0 aliphatic heterocycles. The summed E-state index contributed by atoms with van der Waals surface area (Å²) >= 11 is 0. The lowest BCUT2D eigenvalue weighted by molar-refractivity contribution is -0.137. The van der Waals surface area contributed by atoms with Crippen LogP contribution in [0.15, 0.2) is 42.5 Å². The molecule has 0 bridgehead atoms. The first-order chi connectivity index (χ1) is 10.3. The van der Waals surface area contributed by atoms with Crippen LogP contribution >= 0.6 is 0 Å². The smallest absolute Gasteiger partial charge is 0.370 e. The van der Waals surface area contributed by atoms with E-state index in [4.69, 9.17) is 5.73 Å². The summed E-state index contributed by atoms with van der Waals surface area (Å²) in [5, 5.41) is 0. The van der Waals surface area contributed by atoms with Gasteiger partial charge in [-0.15, -0.1) is 0 Å². The fourth-order valence-electron chi connectivity index (χ4n) is 2.12. The normalized spacial score (nSPS) is 11.5. The van der Waals surface area contributed by atoms with Gasteiger partial charge >= 0.3 is 6.18 Å². The Morgan fingerprint density at radius 1 is 1.05 bits per heavy atom. The van der Waals surface area contributed by atoms with E-state index >= 15 is 0 Å². The van der Waals surface area contributed by atoms with Crippen LogP contribution in [0.25, 0.3) is 11.1 Å². The van der Waals surface area contributed by atoms with Crippen molar-refractivity contribution in [3.8, 4) is 11.1 Å². The van der Waals surface area contributed by atoms with Crippen molar-refractivity contribution in [3.63, 3.8) is 0 Å². The predicted molar refractivity (Wildman–Crippen MR) is 74.4 cm³/mol. The molecule has 0 heterocycles. The number of hydrogen-bond donors (Lipinski definition) is 1. The third-order valence-electron chi connectivity index (χ3n) is 3.21. The molecular formula is C16H13F4NO. The lowest BCUT2D eigenvalue weighted by Crippen LogP contribution is -2.11. The number of benzene rings is 2. The molecule has 0 saturated carbocycles. The Morgan fingerprint density at radius 3 is 2.23 bits per heavy atom. The molecule has 0 spiro atoms. The van der Waals surface area contributed by atoms with E-state index in [-0.39, 0.29) is 17.5 Å². The highest BCUT2D eigenvalue weighted by Gasteiger charge is 2.33. The molecule has 0 atom stereocenters. The number of aryl methyl sites for hydroxylation is 1. The molecule has 6 heteroatoms. The van der Waals surface area contributed by atoms with Gasteiger partial charge in [0.2, 0.25) is 5.91 Å². The molecule has 22 heavy (non-hydrogen) atoms. The molecule has 2 aromatic carbocycles. The number of carbonyl (C=O) groups excluding carboxylic acids is 1. The standard InChI is InChI=1S/C16H13F4NO/c17-12-6-7-14(16(18,19)20)13(9-12)11-4-1-10(2-5-11)3-8-15(21)22/h1-2,4-7,9H,3,8H2,(H2,21,22). The fraction of sp³-hybridized carbons (Fsp3) is 0.188. The second-order valence-corrected chi connectivity index (χ2v) is 4.85. The minimum Gasteiger partial charge on any atom is -0.370 e. The Morgan fingerprint density at radius 2 is 1.68 bits per heavy atom. The van der Waals surface area contributed by atoms with Crippen molar-refractivity contribution in [2.24, 2.45) is 5.73 Å². The average Bonchev–Trinajstić information content (AvgIpc) is 2.44. The number of primary amides is 1. The average molecular weight is 311 g/mol. The molecule has 0 saturated heterocycles. The van der Waals surface area contributed by atoms with Crippen LogP contribution in [0.3, 0.4) is 0 Å².